The first-order chi connectivity index (χ1) is 14.5. The van der Waals surface area contributed by atoms with Crippen LogP contribution in [0.15, 0.2) is 35.1 Å². The average molecular weight is 412 g/mol. The predicted molar refractivity (Wildman–Crippen MR) is 117 cm³/mol. The molecule has 2 aromatic carbocycles. The third kappa shape index (κ3) is 5.16. The summed E-state index contributed by atoms with van der Waals surface area (Å²) < 4.78 is 6.06. The third-order valence-electron chi connectivity index (χ3n) is 5.17. The lowest BCUT2D eigenvalue weighted by atomic mass is 10.1. The summed E-state index contributed by atoms with van der Waals surface area (Å²) in [5, 5.41) is 10.4. The summed E-state index contributed by atoms with van der Waals surface area (Å²) in [6.45, 7) is 4.50. The topological polar surface area (TPSA) is 104 Å². The summed E-state index contributed by atoms with van der Waals surface area (Å²) in [7, 11) is 0. The zero-order chi connectivity index (χ0) is 21.5. The number of aromatic amines is 1. The number of carbonyl (C=O) groups excluding carboxylic acids is 1. The highest BCUT2D eigenvalue weighted by molar-refractivity contribution is 6.07. The molecule has 0 aliphatic carbocycles. The highest BCUT2D eigenvalue weighted by atomic mass is 16.5. The number of H-pyrrole nitrogens is 1. The molecular formula is C23H29N3O4. The van der Waals surface area contributed by atoms with Gasteiger partial charge in [-0.25, -0.2) is 10.5 Å². The second kappa shape index (κ2) is 10.2. The van der Waals surface area contributed by atoms with E-state index in [-0.39, 0.29) is 17.4 Å². The van der Waals surface area contributed by atoms with Gasteiger partial charge in [-0.2, -0.15) is 0 Å². The first-order valence-electron chi connectivity index (χ1n) is 10.5. The van der Waals surface area contributed by atoms with Crippen molar-refractivity contribution < 1.29 is 14.7 Å². The van der Waals surface area contributed by atoms with E-state index in [1.165, 1.54) is 0 Å². The Kier molecular flexibility index (Phi) is 7.41. The standard InChI is InChI=1S/C23H29N3O4/c1-15(2)21-23(28)24-18-14-19(16-10-7-8-11-17(16)22(18)25-21)30-13-9-5-3-4-6-12-20(27)26-29/h7-8,10-11,14-15,29H,3-6,9,12-13H2,1-2H3,(H,24,28)(H,26,27). The van der Waals surface area contributed by atoms with Crippen molar-refractivity contribution >= 4 is 27.7 Å². The van der Waals surface area contributed by atoms with Gasteiger partial charge in [0.25, 0.3) is 5.56 Å². The number of fused-ring (bicyclic) bond motifs is 3. The Morgan fingerprint density at radius 2 is 1.83 bits per heavy atom. The molecule has 1 aromatic heterocycles. The Labute approximate surface area is 175 Å². The number of carbonyl (C=O) groups is 1. The van der Waals surface area contributed by atoms with Gasteiger partial charge in [0, 0.05) is 29.2 Å². The number of ether oxygens (including phenoxy) is 1. The highest BCUT2D eigenvalue weighted by Crippen LogP contribution is 2.32. The Hall–Kier alpha value is -2.93. The molecule has 3 aromatic rings. The van der Waals surface area contributed by atoms with Crippen LogP contribution in [0.2, 0.25) is 0 Å². The number of aromatic nitrogens is 2. The van der Waals surface area contributed by atoms with Crippen molar-refractivity contribution in [2.24, 2.45) is 0 Å². The van der Waals surface area contributed by atoms with Gasteiger partial charge in [0.1, 0.15) is 11.4 Å². The number of amides is 1. The normalized spacial score (nSPS) is 11.3. The maximum absolute atomic E-state index is 12.4. The fourth-order valence-electron chi connectivity index (χ4n) is 3.57. The number of nitrogens with one attached hydrogen (secondary N) is 2. The highest BCUT2D eigenvalue weighted by Gasteiger charge is 2.13. The summed E-state index contributed by atoms with van der Waals surface area (Å²) >= 11 is 0. The number of unbranched alkanes of at least 4 members (excludes halogenated alkanes) is 4. The van der Waals surface area contributed by atoms with Crippen LogP contribution in [-0.2, 0) is 4.79 Å². The molecule has 0 saturated carbocycles. The minimum Gasteiger partial charge on any atom is -0.493 e. The van der Waals surface area contributed by atoms with Crippen molar-refractivity contribution in [3.8, 4) is 5.75 Å². The predicted octanol–water partition coefficient (Wildman–Crippen LogP) is 4.42. The van der Waals surface area contributed by atoms with Gasteiger partial charge in [-0.05, 0) is 12.8 Å². The summed E-state index contributed by atoms with van der Waals surface area (Å²) in [5.74, 6) is 0.452. The Morgan fingerprint density at radius 1 is 1.13 bits per heavy atom. The number of rotatable bonds is 10. The van der Waals surface area contributed by atoms with Gasteiger partial charge in [-0.15, -0.1) is 0 Å². The molecule has 3 rings (SSSR count). The molecule has 7 nitrogen and oxygen atoms in total. The molecule has 0 aliphatic heterocycles. The summed E-state index contributed by atoms with van der Waals surface area (Å²) in [6.07, 6.45) is 4.97. The molecule has 0 fully saturated rings. The molecule has 0 aliphatic rings. The molecule has 1 amide bonds. The van der Waals surface area contributed by atoms with Crippen LogP contribution in [0.1, 0.15) is 64.0 Å². The number of hydrogen-bond donors (Lipinski definition) is 3. The summed E-state index contributed by atoms with van der Waals surface area (Å²) in [6, 6.07) is 9.81. The van der Waals surface area contributed by atoms with Gasteiger partial charge in [0.05, 0.1) is 17.6 Å². The molecule has 3 N–H and O–H groups in total. The SMILES string of the molecule is CC(C)c1nc2c(cc(OCCCCCCCC(=O)NO)c3ccccc32)[nH]c1=O. The lowest BCUT2D eigenvalue weighted by Gasteiger charge is -2.13. The van der Waals surface area contributed by atoms with E-state index in [2.05, 4.69) is 9.97 Å². The molecule has 0 unspecified atom stereocenters. The summed E-state index contributed by atoms with van der Waals surface area (Å²) in [4.78, 5) is 31.0. The van der Waals surface area contributed by atoms with E-state index in [4.69, 9.17) is 9.94 Å². The molecule has 0 spiro atoms. The van der Waals surface area contributed by atoms with Crippen molar-refractivity contribution in [2.45, 2.75) is 58.3 Å². The quantitative estimate of drug-likeness (QED) is 0.198. The number of nitrogens with zero attached hydrogens (tertiary/aromatic N) is 1. The second-order valence-corrected chi connectivity index (χ2v) is 7.82. The van der Waals surface area contributed by atoms with Gasteiger partial charge in [-0.3, -0.25) is 14.8 Å². The molecule has 160 valence electrons. The van der Waals surface area contributed by atoms with E-state index in [1.807, 2.05) is 44.2 Å². The molecule has 0 bridgehead atoms. The largest absolute Gasteiger partial charge is 0.493 e. The van der Waals surface area contributed by atoms with Crippen molar-refractivity contribution in [3.05, 3.63) is 46.4 Å². The van der Waals surface area contributed by atoms with E-state index in [0.717, 1.165) is 54.1 Å². The number of hydroxylamine groups is 1. The molecule has 30 heavy (non-hydrogen) atoms. The lowest BCUT2D eigenvalue weighted by molar-refractivity contribution is -0.129. The van der Waals surface area contributed by atoms with E-state index >= 15 is 0 Å². The van der Waals surface area contributed by atoms with Crippen molar-refractivity contribution in [1.82, 2.24) is 15.4 Å². The van der Waals surface area contributed by atoms with Crippen LogP contribution in [-0.4, -0.2) is 27.7 Å². The fourth-order valence-corrected chi connectivity index (χ4v) is 3.57. The van der Waals surface area contributed by atoms with Crippen LogP contribution < -0.4 is 15.8 Å². The van der Waals surface area contributed by atoms with Gasteiger partial charge >= 0.3 is 0 Å². The monoisotopic (exact) mass is 411 g/mol. The van der Waals surface area contributed by atoms with E-state index < -0.39 is 0 Å². The molecular weight excluding hydrogens is 382 g/mol. The molecule has 7 heteroatoms. The Morgan fingerprint density at radius 3 is 2.57 bits per heavy atom. The van der Waals surface area contributed by atoms with Crippen LogP contribution in [0.3, 0.4) is 0 Å². The van der Waals surface area contributed by atoms with Gasteiger partial charge in [0.2, 0.25) is 5.91 Å². The number of hydrogen-bond acceptors (Lipinski definition) is 5. The van der Waals surface area contributed by atoms with E-state index in [0.29, 0.717) is 24.2 Å². The van der Waals surface area contributed by atoms with Gasteiger partial charge in [-0.1, -0.05) is 57.4 Å². The van der Waals surface area contributed by atoms with Crippen LogP contribution in [0, 0.1) is 0 Å². The Balaban J connectivity index is 1.68. The third-order valence-corrected chi connectivity index (χ3v) is 5.17. The molecule has 0 atom stereocenters. The lowest BCUT2D eigenvalue weighted by Crippen LogP contribution is -2.17. The van der Waals surface area contributed by atoms with E-state index in [1.54, 1.807) is 5.48 Å². The molecule has 0 saturated heterocycles. The molecule has 0 radical (unpaired) electrons. The van der Waals surface area contributed by atoms with Crippen LogP contribution in [0.25, 0.3) is 21.8 Å². The minimum absolute atomic E-state index is 0.0471. The zero-order valence-corrected chi connectivity index (χ0v) is 17.5. The maximum Gasteiger partial charge on any atom is 0.270 e. The fraction of sp³-hybridized carbons (Fsp3) is 0.435. The van der Waals surface area contributed by atoms with Crippen LogP contribution >= 0.6 is 0 Å². The van der Waals surface area contributed by atoms with Crippen molar-refractivity contribution in [1.29, 1.82) is 0 Å². The zero-order valence-electron chi connectivity index (χ0n) is 17.5. The minimum atomic E-state index is -0.338. The maximum atomic E-state index is 12.4. The van der Waals surface area contributed by atoms with Gasteiger partial charge < -0.3 is 9.72 Å². The van der Waals surface area contributed by atoms with Crippen LogP contribution in [0.5, 0.6) is 5.75 Å². The molecule has 1 heterocycles. The first-order valence-corrected chi connectivity index (χ1v) is 10.5. The van der Waals surface area contributed by atoms with Gasteiger partial charge in [0.15, 0.2) is 0 Å². The first kappa shape index (κ1) is 21.8. The smallest absolute Gasteiger partial charge is 0.270 e. The number of benzene rings is 2. The Bertz CT molecular complexity index is 1080. The van der Waals surface area contributed by atoms with E-state index in [9.17, 15) is 9.59 Å². The second-order valence-electron chi connectivity index (χ2n) is 7.82. The van der Waals surface area contributed by atoms with Crippen molar-refractivity contribution in [2.75, 3.05) is 6.61 Å². The van der Waals surface area contributed by atoms with Crippen molar-refractivity contribution in [3.63, 3.8) is 0 Å². The average Bonchev–Trinajstić information content (AvgIpc) is 2.74. The van der Waals surface area contributed by atoms with Crippen LogP contribution in [0.4, 0.5) is 0 Å². The summed E-state index contributed by atoms with van der Waals surface area (Å²) in [5.41, 5.74) is 3.49.